The average Bonchev–Trinajstić information content (AvgIpc) is 3.45. The van der Waals surface area contributed by atoms with E-state index in [1.54, 1.807) is 48.5 Å². The van der Waals surface area contributed by atoms with Gasteiger partial charge in [0.05, 0.1) is 17.1 Å². The highest BCUT2D eigenvalue weighted by atomic mass is 16.5. The van der Waals surface area contributed by atoms with Crippen molar-refractivity contribution in [2.75, 3.05) is 16.3 Å². The number of amides is 4. The van der Waals surface area contributed by atoms with Crippen molar-refractivity contribution < 1.29 is 19.1 Å². The van der Waals surface area contributed by atoms with E-state index in [1.165, 1.54) is 0 Å². The molecule has 1 aromatic heterocycles. The van der Waals surface area contributed by atoms with Gasteiger partial charge in [-0.25, -0.2) is 14.6 Å². The van der Waals surface area contributed by atoms with Crippen LogP contribution in [0.25, 0.3) is 10.9 Å². The predicted molar refractivity (Wildman–Crippen MR) is 192 cm³/mol. The fraction of sp³-hybridized carbons (Fsp3) is 0.122. The van der Waals surface area contributed by atoms with Crippen LogP contribution in [-0.2, 0) is 22.6 Å². The van der Waals surface area contributed by atoms with Crippen molar-refractivity contribution >= 4 is 45.8 Å². The molecule has 5 aromatic carbocycles. The number of imide groups is 2. The zero-order chi connectivity index (χ0) is 33.7. The first kappa shape index (κ1) is 31.3. The second kappa shape index (κ2) is 13.8. The third kappa shape index (κ3) is 6.36. The molecule has 6 aromatic rings. The summed E-state index contributed by atoms with van der Waals surface area (Å²) in [6, 6.07) is 41.9. The van der Waals surface area contributed by atoms with Crippen molar-refractivity contribution in [3.63, 3.8) is 0 Å². The summed E-state index contributed by atoms with van der Waals surface area (Å²) in [6.07, 6.45) is 0.545. The van der Waals surface area contributed by atoms with Gasteiger partial charge in [0, 0.05) is 23.1 Å². The van der Waals surface area contributed by atoms with Gasteiger partial charge >= 0.3 is 6.03 Å². The van der Waals surface area contributed by atoms with Crippen molar-refractivity contribution in [3.05, 3.63) is 162 Å². The van der Waals surface area contributed by atoms with E-state index in [4.69, 9.17) is 9.73 Å². The van der Waals surface area contributed by atoms with Gasteiger partial charge in [0.2, 0.25) is 0 Å². The van der Waals surface area contributed by atoms with Crippen molar-refractivity contribution in [1.29, 1.82) is 0 Å². The lowest BCUT2D eigenvalue weighted by Gasteiger charge is -2.37. The highest BCUT2D eigenvalue weighted by molar-refractivity contribution is 6.43. The summed E-state index contributed by atoms with van der Waals surface area (Å²) in [4.78, 5) is 53.1. The van der Waals surface area contributed by atoms with E-state index in [-0.39, 0.29) is 0 Å². The number of barbiturate groups is 1. The number of hydrogen-bond donors (Lipinski definition) is 1. The van der Waals surface area contributed by atoms with E-state index in [1.807, 2.05) is 97.9 Å². The number of rotatable bonds is 10. The number of urea groups is 1. The fourth-order valence-electron chi connectivity index (χ4n) is 6.28. The number of carbonyl (C=O) groups excluding carboxylic acids is 3. The maximum atomic E-state index is 14.3. The number of aromatic amines is 1. The monoisotopic (exact) mass is 646 g/mol. The Morgan fingerprint density at radius 3 is 1.86 bits per heavy atom. The molecule has 1 fully saturated rings. The van der Waals surface area contributed by atoms with Gasteiger partial charge in [-0.05, 0) is 72.5 Å². The van der Waals surface area contributed by atoms with E-state index in [9.17, 15) is 14.4 Å². The molecule has 8 heteroatoms. The number of aryl methyl sites for hydroxylation is 1. The molecule has 4 amide bonds. The van der Waals surface area contributed by atoms with Crippen molar-refractivity contribution in [3.8, 4) is 5.75 Å². The summed E-state index contributed by atoms with van der Waals surface area (Å²) >= 11 is 0. The minimum atomic E-state index is -1.34. The summed E-state index contributed by atoms with van der Waals surface area (Å²) in [6.45, 7) is 2.79. The molecule has 0 aliphatic carbocycles. The van der Waals surface area contributed by atoms with Crippen LogP contribution in [0, 0.1) is 12.8 Å². The Morgan fingerprint density at radius 2 is 1.27 bits per heavy atom. The number of nitrogens with zero attached hydrogens (tertiary/aromatic N) is 3. The predicted octanol–water partition coefficient (Wildman–Crippen LogP) is 7.90. The Balaban J connectivity index is 1.24. The van der Waals surface area contributed by atoms with Crippen molar-refractivity contribution in [2.45, 2.75) is 20.0 Å². The van der Waals surface area contributed by atoms with Gasteiger partial charge in [0.25, 0.3) is 11.8 Å². The summed E-state index contributed by atoms with van der Waals surface area (Å²) < 4.78 is 6.12. The number of nitrogens with one attached hydrogen (secondary N) is 1. The SMILES string of the molecule is Cc1[nH]c2ccc(OCc3ccccc3)cc2c1CCN=C(c1ccccc1)C1C(=O)N(c2ccccc2)C(=O)N(c2ccccc2)C1=O. The molecule has 8 nitrogen and oxygen atoms in total. The lowest BCUT2D eigenvalue weighted by atomic mass is 9.91. The van der Waals surface area contributed by atoms with Gasteiger partial charge in [-0.1, -0.05) is 97.1 Å². The molecule has 0 radical (unpaired) electrons. The van der Waals surface area contributed by atoms with Crippen LogP contribution in [0.4, 0.5) is 16.2 Å². The number of fused-ring (bicyclic) bond motifs is 1. The van der Waals surface area contributed by atoms with Crippen LogP contribution >= 0.6 is 0 Å². The molecule has 0 bridgehead atoms. The van der Waals surface area contributed by atoms with Crippen molar-refractivity contribution in [1.82, 2.24) is 4.98 Å². The number of hydrogen-bond acceptors (Lipinski definition) is 5. The summed E-state index contributed by atoms with van der Waals surface area (Å²) in [7, 11) is 0. The Morgan fingerprint density at radius 1 is 0.714 bits per heavy atom. The number of ether oxygens (including phenoxy) is 1. The van der Waals surface area contributed by atoms with Gasteiger partial charge in [-0.15, -0.1) is 0 Å². The lowest BCUT2D eigenvalue weighted by Crippen LogP contribution is -2.62. The number of aliphatic imine (C=N–C) groups is 1. The van der Waals surface area contributed by atoms with Gasteiger partial charge in [0.15, 0.2) is 5.92 Å². The molecular weight excluding hydrogens is 612 g/mol. The van der Waals surface area contributed by atoms with Crippen molar-refractivity contribution in [2.24, 2.45) is 10.9 Å². The second-order valence-electron chi connectivity index (χ2n) is 11.8. The molecule has 242 valence electrons. The second-order valence-corrected chi connectivity index (χ2v) is 11.8. The number of aromatic nitrogens is 1. The summed E-state index contributed by atoms with van der Waals surface area (Å²) in [5.41, 5.74) is 5.86. The smallest absolute Gasteiger partial charge is 0.342 e. The Hall–Kier alpha value is -6.28. The first-order valence-corrected chi connectivity index (χ1v) is 16.2. The van der Waals surface area contributed by atoms with Crippen LogP contribution in [0.3, 0.4) is 0 Å². The minimum Gasteiger partial charge on any atom is -0.489 e. The average molecular weight is 647 g/mol. The maximum absolute atomic E-state index is 14.3. The quantitative estimate of drug-likeness (QED) is 0.121. The zero-order valence-corrected chi connectivity index (χ0v) is 27.0. The van der Waals surface area contributed by atoms with E-state index in [2.05, 4.69) is 4.98 Å². The molecule has 49 heavy (non-hydrogen) atoms. The number of H-pyrrole nitrogens is 1. The standard InChI is InChI=1S/C41H34N4O4/c1-28-34(35-26-33(22-23-36(35)43-28)49-27-29-14-6-2-7-15-29)24-25-42-38(30-16-8-3-9-17-30)37-39(46)44(31-18-10-4-11-19-31)41(48)45(40(37)47)32-20-12-5-13-21-32/h2-23,26,37,43H,24-25,27H2,1H3. The van der Waals surface area contributed by atoms with Crippen LogP contribution in [-0.4, -0.2) is 35.1 Å². The highest BCUT2D eigenvalue weighted by Gasteiger charge is 2.49. The zero-order valence-electron chi connectivity index (χ0n) is 27.0. The van der Waals surface area contributed by atoms with Gasteiger partial charge < -0.3 is 9.72 Å². The number of benzene rings is 5. The van der Waals surface area contributed by atoms with Crippen LogP contribution in [0.1, 0.15) is 22.4 Å². The molecule has 0 atom stereocenters. The molecular formula is C41H34N4O4. The maximum Gasteiger partial charge on any atom is 0.342 e. The van der Waals surface area contributed by atoms with Crippen LogP contribution < -0.4 is 14.5 Å². The fourth-order valence-corrected chi connectivity index (χ4v) is 6.28. The third-order valence-electron chi connectivity index (χ3n) is 8.67. The summed E-state index contributed by atoms with van der Waals surface area (Å²) in [5.74, 6) is -1.86. The van der Waals surface area contributed by atoms with E-state index < -0.39 is 23.8 Å². The largest absolute Gasteiger partial charge is 0.489 e. The highest BCUT2D eigenvalue weighted by Crippen LogP contribution is 2.32. The number of carbonyl (C=O) groups is 3. The van der Waals surface area contributed by atoms with Gasteiger partial charge in [-0.3, -0.25) is 14.6 Å². The molecule has 1 saturated heterocycles. The molecule has 2 heterocycles. The molecule has 0 saturated carbocycles. The summed E-state index contributed by atoms with van der Waals surface area (Å²) in [5, 5.41) is 1.03. The third-order valence-corrected chi connectivity index (χ3v) is 8.67. The molecule has 0 unspecified atom stereocenters. The van der Waals surface area contributed by atoms with Gasteiger partial charge in [-0.2, -0.15) is 0 Å². The molecule has 0 spiro atoms. The lowest BCUT2D eigenvalue weighted by molar-refractivity contribution is -0.129. The van der Waals surface area contributed by atoms with Crippen LogP contribution in [0.5, 0.6) is 5.75 Å². The first-order chi connectivity index (χ1) is 24.0. The topological polar surface area (TPSA) is 95.1 Å². The first-order valence-electron chi connectivity index (χ1n) is 16.2. The number of para-hydroxylation sites is 2. The van der Waals surface area contributed by atoms with E-state index >= 15 is 0 Å². The Bertz CT molecular complexity index is 2080. The minimum absolute atomic E-state index is 0.300. The van der Waals surface area contributed by atoms with Crippen LogP contribution in [0.2, 0.25) is 0 Å². The Kier molecular flexibility index (Phi) is 8.84. The Labute approximate surface area is 284 Å². The molecule has 1 aliphatic rings. The molecule has 1 aliphatic heterocycles. The van der Waals surface area contributed by atoms with Gasteiger partial charge in [0.1, 0.15) is 12.4 Å². The van der Waals surface area contributed by atoms with E-state index in [0.29, 0.717) is 42.2 Å². The number of anilines is 2. The van der Waals surface area contributed by atoms with Crippen LogP contribution in [0.15, 0.2) is 145 Å². The van der Waals surface area contributed by atoms with E-state index in [0.717, 1.165) is 43.3 Å². The molecule has 1 N–H and O–H groups in total. The molecule has 7 rings (SSSR count). The normalized spacial score (nSPS) is 14.1.